The van der Waals surface area contributed by atoms with Gasteiger partial charge in [0.05, 0.1) is 28.8 Å². The average Bonchev–Trinajstić information content (AvgIpc) is 3.21. The lowest BCUT2D eigenvalue weighted by Gasteiger charge is -2.29. The van der Waals surface area contributed by atoms with Crippen molar-refractivity contribution >= 4 is 29.1 Å². The number of aliphatic hydroxyl groups excluding tert-OH is 1. The number of amides is 1. The molecule has 0 aliphatic carbocycles. The minimum absolute atomic E-state index is 0.0647. The lowest BCUT2D eigenvalue weighted by atomic mass is 9.93. The number of hydrogen-bond acceptors (Lipinski definition) is 4. The first kappa shape index (κ1) is 26.7. The Morgan fingerprint density at radius 1 is 1.18 bits per heavy atom. The number of likely N-dealkylation sites (tertiary alicyclic amines) is 1. The molecule has 2 unspecified atom stereocenters. The zero-order valence-corrected chi connectivity index (χ0v) is 19.9. The Morgan fingerprint density at radius 3 is 2.53 bits per heavy atom. The zero-order valence-electron chi connectivity index (χ0n) is 18.4. The highest BCUT2D eigenvalue weighted by molar-refractivity contribution is 6.42. The van der Waals surface area contributed by atoms with Gasteiger partial charge in [-0.15, -0.1) is 0 Å². The second-order valence-corrected chi connectivity index (χ2v) is 9.09. The fourth-order valence-corrected chi connectivity index (χ4v) is 4.49. The number of nitrogens with zero attached hydrogens (tertiary/aromatic N) is 2. The molecule has 1 heterocycles. The first-order valence-electron chi connectivity index (χ1n) is 10.6. The summed E-state index contributed by atoms with van der Waals surface area (Å²) in [4.78, 5) is 16.3. The molecule has 0 radical (unpaired) electrons. The van der Waals surface area contributed by atoms with Crippen LogP contribution in [0.25, 0.3) is 0 Å². The van der Waals surface area contributed by atoms with Gasteiger partial charge in [-0.2, -0.15) is 13.2 Å². The van der Waals surface area contributed by atoms with E-state index in [1.807, 2.05) is 11.0 Å². The van der Waals surface area contributed by atoms with E-state index in [1.165, 1.54) is 6.07 Å². The minimum atomic E-state index is -4.76. The van der Waals surface area contributed by atoms with Gasteiger partial charge >= 0.3 is 6.18 Å². The Morgan fingerprint density at radius 2 is 1.91 bits per heavy atom. The first-order valence-corrected chi connectivity index (χ1v) is 11.4. The van der Waals surface area contributed by atoms with E-state index in [1.54, 1.807) is 24.1 Å². The van der Waals surface area contributed by atoms with E-state index in [-0.39, 0.29) is 37.6 Å². The van der Waals surface area contributed by atoms with E-state index >= 15 is 0 Å². The summed E-state index contributed by atoms with van der Waals surface area (Å²) in [5.41, 5.74) is -0.0562. The molecule has 2 atom stereocenters. The molecule has 3 rings (SSSR count). The number of hydrogen-bond donors (Lipinski definition) is 2. The van der Waals surface area contributed by atoms with Gasteiger partial charge in [-0.25, -0.2) is 4.39 Å². The van der Waals surface area contributed by atoms with E-state index in [4.69, 9.17) is 28.3 Å². The fraction of sp³-hybridized carbons (Fsp3) is 0.435. The SMILES string of the molecule is CN(Cc1ccc(C(F)(F)F)c(F)c1)C1CN(C(=O)CNCCO)CC1c1ccc(Cl)c(Cl)c1. The Balaban J connectivity index is 1.82. The summed E-state index contributed by atoms with van der Waals surface area (Å²) in [6.45, 7) is 1.21. The third-order valence-electron chi connectivity index (χ3n) is 5.92. The number of carbonyl (C=O) groups excluding carboxylic acids is 1. The standard InChI is InChI=1S/C23H25Cl2F4N3O2/c1-31(11-14-2-4-17(20(26)8-14)23(27,28)29)21-13-32(22(34)10-30-6-7-33)12-16(21)15-3-5-18(24)19(25)9-15/h2-5,8-9,16,21,30,33H,6-7,10-13H2,1H3. The normalized spacial score (nSPS) is 18.7. The van der Waals surface area contributed by atoms with Crippen LogP contribution in [0.2, 0.25) is 10.0 Å². The molecule has 0 saturated carbocycles. The number of halogens is 6. The van der Waals surface area contributed by atoms with Crippen molar-refractivity contribution in [3.05, 3.63) is 69.0 Å². The number of carbonyl (C=O) groups is 1. The van der Waals surface area contributed by atoms with Gasteiger partial charge in [-0.1, -0.05) is 35.3 Å². The molecule has 5 nitrogen and oxygen atoms in total. The molecule has 34 heavy (non-hydrogen) atoms. The third-order valence-corrected chi connectivity index (χ3v) is 6.65. The minimum Gasteiger partial charge on any atom is -0.395 e. The van der Waals surface area contributed by atoms with Crippen LogP contribution in [-0.2, 0) is 17.5 Å². The molecular formula is C23H25Cl2F4N3O2. The van der Waals surface area contributed by atoms with Crippen molar-refractivity contribution in [2.24, 2.45) is 0 Å². The Labute approximate surface area is 205 Å². The first-order chi connectivity index (χ1) is 16.0. The second kappa shape index (κ2) is 11.2. The largest absolute Gasteiger partial charge is 0.419 e. The molecule has 1 amide bonds. The van der Waals surface area contributed by atoms with Gasteiger partial charge in [0.15, 0.2) is 0 Å². The fourth-order valence-electron chi connectivity index (χ4n) is 4.19. The predicted octanol–water partition coefficient (Wildman–Crippen LogP) is 4.16. The number of aliphatic hydroxyl groups is 1. The molecule has 186 valence electrons. The van der Waals surface area contributed by atoms with Crippen molar-refractivity contribution in [3.63, 3.8) is 0 Å². The maximum atomic E-state index is 14.1. The number of benzene rings is 2. The topological polar surface area (TPSA) is 55.8 Å². The third kappa shape index (κ3) is 6.40. The molecule has 11 heteroatoms. The van der Waals surface area contributed by atoms with E-state index in [2.05, 4.69) is 5.32 Å². The molecule has 0 bridgehead atoms. The van der Waals surface area contributed by atoms with Crippen LogP contribution < -0.4 is 5.32 Å². The summed E-state index contributed by atoms with van der Waals surface area (Å²) in [7, 11) is 1.78. The van der Waals surface area contributed by atoms with Gasteiger partial charge in [-0.05, 0) is 42.4 Å². The molecule has 1 aliphatic rings. The molecule has 0 spiro atoms. The number of rotatable bonds is 8. The highest BCUT2D eigenvalue weighted by Gasteiger charge is 2.39. The van der Waals surface area contributed by atoms with Crippen LogP contribution in [0.1, 0.15) is 22.6 Å². The van der Waals surface area contributed by atoms with Crippen LogP contribution in [0.15, 0.2) is 36.4 Å². The average molecular weight is 522 g/mol. The summed E-state index contributed by atoms with van der Waals surface area (Å²) in [5.74, 6) is -1.62. The molecular weight excluding hydrogens is 497 g/mol. The predicted molar refractivity (Wildman–Crippen MR) is 122 cm³/mol. The molecule has 0 aromatic heterocycles. The van der Waals surface area contributed by atoms with Gasteiger partial charge in [0.2, 0.25) is 5.91 Å². The maximum Gasteiger partial charge on any atom is 0.419 e. The van der Waals surface area contributed by atoms with Gasteiger partial charge in [-0.3, -0.25) is 9.69 Å². The van der Waals surface area contributed by atoms with Crippen LogP contribution in [0.5, 0.6) is 0 Å². The summed E-state index contributed by atoms with van der Waals surface area (Å²) >= 11 is 12.3. The van der Waals surface area contributed by atoms with Crippen molar-refractivity contribution in [2.75, 3.05) is 39.8 Å². The maximum absolute atomic E-state index is 14.1. The summed E-state index contributed by atoms with van der Waals surface area (Å²) < 4.78 is 52.7. The monoisotopic (exact) mass is 521 g/mol. The lowest BCUT2D eigenvalue weighted by Crippen LogP contribution is -2.40. The van der Waals surface area contributed by atoms with E-state index in [0.29, 0.717) is 35.2 Å². The molecule has 2 aromatic rings. The molecule has 2 N–H and O–H groups in total. The molecule has 1 fully saturated rings. The summed E-state index contributed by atoms with van der Waals surface area (Å²) in [6.07, 6.45) is -4.76. The lowest BCUT2D eigenvalue weighted by molar-refractivity contribution is -0.140. The number of likely N-dealkylation sites (N-methyl/N-ethyl adjacent to an activating group) is 1. The highest BCUT2D eigenvalue weighted by Crippen LogP contribution is 2.35. The van der Waals surface area contributed by atoms with Gasteiger partial charge in [0, 0.05) is 38.1 Å². The molecule has 2 aromatic carbocycles. The zero-order chi connectivity index (χ0) is 25.0. The van der Waals surface area contributed by atoms with E-state index < -0.39 is 17.6 Å². The number of alkyl halides is 3. The summed E-state index contributed by atoms with van der Waals surface area (Å²) in [6, 6.07) is 7.93. The van der Waals surface area contributed by atoms with Gasteiger partial charge in [0.25, 0.3) is 0 Å². The van der Waals surface area contributed by atoms with Gasteiger partial charge < -0.3 is 15.3 Å². The van der Waals surface area contributed by atoms with E-state index in [9.17, 15) is 22.4 Å². The quantitative estimate of drug-likeness (QED) is 0.404. The Kier molecular flexibility index (Phi) is 8.81. The summed E-state index contributed by atoms with van der Waals surface area (Å²) in [5, 5.41) is 12.5. The second-order valence-electron chi connectivity index (χ2n) is 8.27. The van der Waals surface area contributed by atoms with E-state index in [0.717, 1.165) is 17.7 Å². The molecule has 1 aliphatic heterocycles. The van der Waals surface area contributed by atoms with Crippen LogP contribution in [0, 0.1) is 5.82 Å². The Hall–Kier alpha value is -1.91. The number of nitrogens with one attached hydrogen (secondary N) is 1. The van der Waals surface area contributed by atoms with Crippen molar-refractivity contribution in [1.82, 2.24) is 15.1 Å². The van der Waals surface area contributed by atoms with Crippen molar-refractivity contribution < 1.29 is 27.5 Å². The Bertz CT molecular complexity index is 1020. The van der Waals surface area contributed by atoms with Crippen LogP contribution in [0.3, 0.4) is 0 Å². The smallest absolute Gasteiger partial charge is 0.395 e. The van der Waals surface area contributed by atoms with Crippen molar-refractivity contribution in [1.29, 1.82) is 0 Å². The van der Waals surface area contributed by atoms with Gasteiger partial charge in [0.1, 0.15) is 5.82 Å². The van der Waals surface area contributed by atoms with Crippen LogP contribution in [-0.4, -0.2) is 66.7 Å². The van der Waals surface area contributed by atoms with Crippen molar-refractivity contribution in [3.8, 4) is 0 Å². The van der Waals surface area contributed by atoms with Crippen LogP contribution >= 0.6 is 23.2 Å². The molecule has 1 saturated heterocycles. The highest BCUT2D eigenvalue weighted by atomic mass is 35.5. The van der Waals surface area contributed by atoms with Crippen molar-refractivity contribution in [2.45, 2.75) is 24.7 Å². The van der Waals surface area contributed by atoms with Crippen LogP contribution in [0.4, 0.5) is 17.6 Å².